The molecule has 0 aliphatic heterocycles. The van der Waals surface area contributed by atoms with Gasteiger partial charge in [0, 0.05) is 18.8 Å². The molecule has 0 unspecified atom stereocenters. The van der Waals surface area contributed by atoms with Crippen molar-refractivity contribution in [2.75, 3.05) is 22.7 Å². The van der Waals surface area contributed by atoms with Gasteiger partial charge in [0.1, 0.15) is 0 Å². The average Bonchev–Trinajstić information content (AvgIpc) is 2.58. The van der Waals surface area contributed by atoms with Gasteiger partial charge in [-0.3, -0.25) is 4.72 Å². The summed E-state index contributed by atoms with van der Waals surface area (Å²) < 4.78 is 27.6. The molecule has 1 N–H and O–H groups in total. The molecule has 0 saturated heterocycles. The van der Waals surface area contributed by atoms with Gasteiger partial charge in [-0.15, -0.1) is 0 Å². The predicted octanol–water partition coefficient (Wildman–Crippen LogP) is 3.51. The fraction of sp³-hybridized carbons (Fsp3) is 0.278. The van der Waals surface area contributed by atoms with Crippen LogP contribution < -0.4 is 9.62 Å². The van der Waals surface area contributed by atoms with Crippen LogP contribution in [0.4, 0.5) is 11.4 Å². The molecule has 126 valence electrons. The van der Waals surface area contributed by atoms with E-state index in [2.05, 4.69) is 23.5 Å². The number of rotatable bonds is 6. The Bertz CT molecular complexity index is 849. The van der Waals surface area contributed by atoms with Crippen LogP contribution in [0.25, 0.3) is 0 Å². The average molecular weight is 343 g/mol. The molecule has 0 heterocycles. The molecule has 5 nitrogen and oxygen atoms in total. The molecular formula is C18H21N3O2S. The first-order chi connectivity index (χ1) is 11.4. The molecule has 0 spiro atoms. The van der Waals surface area contributed by atoms with Crippen LogP contribution in [0.1, 0.15) is 25.0 Å². The lowest BCUT2D eigenvalue weighted by Crippen LogP contribution is -2.22. The van der Waals surface area contributed by atoms with Crippen LogP contribution in [0.15, 0.2) is 47.4 Å². The number of nitrogens with one attached hydrogen (secondary N) is 1. The summed E-state index contributed by atoms with van der Waals surface area (Å²) >= 11 is 0. The molecular weight excluding hydrogens is 322 g/mol. The van der Waals surface area contributed by atoms with Gasteiger partial charge < -0.3 is 4.90 Å². The Morgan fingerprint density at radius 1 is 1.08 bits per heavy atom. The summed E-state index contributed by atoms with van der Waals surface area (Å²) in [6.45, 7) is 7.84. The Hall–Kier alpha value is -2.52. The highest BCUT2D eigenvalue weighted by Crippen LogP contribution is 2.25. The van der Waals surface area contributed by atoms with Crippen molar-refractivity contribution < 1.29 is 8.42 Å². The van der Waals surface area contributed by atoms with Gasteiger partial charge in [0.2, 0.25) is 0 Å². The van der Waals surface area contributed by atoms with Crippen LogP contribution >= 0.6 is 0 Å². The summed E-state index contributed by atoms with van der Waals surface area (Å²) in [7, 11) is -3.68. The number of hydrogen-bond donors (Lipinski definition) is 1. The van der Waals surface area contributed by atoms with Crippen molar-refractivity contribution in [2.24, 2.45) is 0 Å². The first-order valence-corrected chi connectivity index (χ1v) is 9.28. The van der Waals surface area contributed by atoms with Gasteiger partial charge in [-0.1, -0.05) is 0 Å². The molecule has 0 aliphatic rings. The topological polar surface area (TPSA) is 73.2 Å². The van der Waals surface area contributed by atoms with Gasteiger partial charge in [-0.2, -0.15) is 5.26 Å². The lowest BCUT2D eigenvalue weighted by molar-refractivity contribution is 0.601. The summed E-state index contributed by atoms with van der Waals surface area (Å²) in [5.41, 5.74) is 2.90. The van der Waals surface area contributed by atoms with Crippen LogP contribution in [0.2, 0.25) is 0 Å². The number of hydrogen-bond acceptors (Lipinski definition) is 4. The summed E-state index contributed by atoms with van der Waals surface area (Å²) in [5, 5.41) is 8.80. The molecule has 0 radical (unpaired) electrons. The van der Waals surface area contributed by atoms with Crippen molar-refractivity contribution in [1.29, 1.82) is 5.26 Å². The second kappa shape index (κ2) is 7.37. The third kappa shape index (κ3) is 3.87. The predicted molar refractivity (Wildman–Crippen MR) is 96.7 cm³/mol. The molecule has 0 bridgehead atoms. The van der Waals surface area contributed by atoms with E-state index >= 15 is 0 Å². The number of anilines is 2. The molecule has 24 heavy (non-hydrogen) atoms. The third-order valence-corrected chi connectivity index (χ3v) is 5.26. The zero-order chi connectivity index (χ0) is 17.7. The van der Waals surface area contributed by atoms with Crippen LogP contribution in [-0.4, -0.2) is 21.5 Å². The summed E-state index contributed by atoms with van der Waals surface area (Å²) in [5.74, 6) is 0. The Balaban J connectivity index is 2.27. The van der Waals surface area contributed by atoms with Crippen LogP contribution in [0.3, 0.4) is 0 Å². The van der Waals surface area contributed by atoms with E-state index in [-0.39, 0.29) is 4.90 Å². The number of sulfonamides is 1. The smallest absolute Gasteiger partial charge is 0.261 e. The van der Waals surface area contributed by atoms with Crippen molar-refractivity contribution in [3.8, 4) is 6.07 Å². The molecule has 0 amide bonds. The van der Waals surface area contributed by atoms with Crippen LogP contribution in [0, 0.1) is 18.3 Å². The van der Waals surface area contributed by atoms with E-state index in [9.17, 15) is 8.42 Å². The standard InChI is InChI=1S/C18H21N3O2S/c1-4-21(5-2)16-8-11-18(14(3)12-16)20-24(22,23)17-9-6-15(13-19)7-10-17/h6-12,20H,4-5H2,1-3H3. The largest absolute Gasteiger partial charge is 0.372 e. The zero-order valence-electron chi connectivity index (χ0n) is 14.1. The highest BCUT2D eigenvalue weighted by atomic mass is 32.2. The number of aryl methyl sites for hydroxylation is 1. The van der Waals surface area contributed by atoms with Gasteiger partial charge >= 0.3 is 0 Å². The maximum Gasteiger partial charge on any atom is 0.261 e. The Kier molecular flexibility index (Phi) is 5.47. The van der Waals surface area contributed by atoms with Crippen molar-refractivity contribution in [2.45, 2.75) is 25.7 Å². The SMILES string of the molecule is CCN(CC)c1ccc(NS(=O)(=O)c2ccc(C#N)cc2)c(C)c1. The molecule has 2 aromatic rings. The third-order valence-electron chi connectivity index (χ3n) is 3.88. The fourth-order valence-electron chi connectivity index (χ4n) is 2.46. The van der Waals surface area contributed by atoms with Crippen molar-refractivity contribution >= 4 is 21.4 Å². The van der Waals surface area contributed by atoms with Crippen molar-refractivity contribution in [3.63, 3.8) is 0 Å². The Labute approximate surface area is 143 Å². The molecule has 2 aromatic carbocycles. The first kappa shape index (κ1) is 17.8. The van der Waals surface area contributed by atoms with Gasteiger partial charge in [0.25, 0.3) is 10.0 Å². The minimum Gasteiger partial charge on any atom is -0.372 e. The molecule has 0 saturated carbocycles. The van der Waals surface area contributed by atoms with Gasteiger partial charge in [0.15, 0.2) is 0 Å². The quantitative estimate of drug-likeness (QED) is 0.871. The van der Waals surface area contributed by atoms with E-state index in [1.807, 2.05) is 25.1 Å². The first-order valence-electron chi connectivity index (χ1n) is 7.79. The maximum atomic E-state index is 12.5. The highest BCUT2D eigenvalue weighted by molar-refractivity contribution is 7.92. The summed E-state index contributed by atoms with van der Waals surface area (Å²) in [4.78, 5) is 2.33. The van der Waals surface area contributed by atoms with Crippen molar-refractivity contribution in [3.05, 3.63) is 53.6 Å². The minimum absolute atomic E-state index is 0.133. The van der Waals surface area contributed by atoms with E-state index in [0.717, 1.165) is 24.3 Å². The normalized spacial score (nSPS) is 10.9. The maximum absolute atomic E-state index is 12.5. The van der Waals surface area contributed by atoms with E-state index in [1.165, 1.54) is 24.3 Å². The molecule has 0 aromatic heterocycles. The van der Waals surface area contributed by atoms with E-state index in [1.54, 1.807) is 6.07 Å². The monoisotopic (exact) mass is 343 g/mol. The Morgan fingerprint density at radius 3 is 2.21 bits per heavy atom. The van der Waals surface area contributed by atoms with Crippen molar-refractivity contribution in [1.82, 2.24) is 0 Å². The molecule has 6 heteroatoms. The van der Waals surface area contributed by atoms with E-state index in [4.69, 9.17) is 5.26 Å². The van der Waals surface area contributed by atoms with Gasteiger partial charge in [0.05, 0.1) is 22.2 Å². The summed E-state index contributed by atoms with van der Waals surface area (Å²) in [6, 6.07) is 13.5. The molecule has 2 rings (SSSR count). The van der Waals surface area contributed by atoms with E-state index in [0.29, 0.717) is 11.3 Å². The van der Waals surface area contributed by atoms with Gasteiger partial charge in [-0.25, -0.2) is 8.42 Å². The molecule has 0 aliphatic carbocycles. The molecule has 0 atom stereocenters. The highest BCUT2D eigenvalue weighted by Gasteiger charge is 2.15. The second-order valence-corrected chi connectivity index (χ2v) is 7.10. The fourth-order valence-corrected chi connectivity index (χ4v) is 3.59. The van der Waals surface area contributed by atoms with Crippen LogP contribution in [-0.2, 0) is 10.0 Å². The van der Waals surface area contributed by atoms with E-state index < -0.39 is 10.0 Å². The number of nitrogens with zero attached hydrogens (tertiary/aromatic N) is 2. The van der Waals surface area contributed by atoms with Crippen LogP contribution in [0.5, 0.6) is 0 Å². The number of nitriles is 1. The second-order valence-electron chi connectivity index (χ2n) is 5.41. The minimum atomic E-state index is -3.68. The molecule has 0 fully saturated rings. The lowest BCUT2D eigenvalue weighted by atomic mass is 10.1. The Morgan fingerprint density at radius 2 is 1.71 bits per heavy atom. The lowest BCUT2D eigenvalue weighted by Gasteiger charge is -2.22. The summed E-state index contributed by atoms with van der Waals surface area (Å²) in [6.07, 6.45) is 0. The van der Waals surface area contributed by atoms with Gasteiger partial charge in [-0.05, 0) is 68.8 Å². The number of benzene rings is 2. The zero-order valence-corrected chi connectivity index (χ0v) is 14.9.